The number of halogens is 2. The molecule has 3 rings (SSSR count). The summed E-state index contributed by atoms with van der Waals surface area (Å²) in [5.74, 6) is -1.18. The van der Waals surface area contributed by atoms with Gasteiger partial charge in [0.05, 0.1) is 23.6 Å². The number of hydrogen-bond donors (Lipinski definition) is 0. The van der Waals surface area contributed by atoms with E-state index >= 15 is 0 Å². The summed E-state index contributed by atoms with van der Waals surface area (Å²) in [5, 5.41) is 0.222. The van der Waals surface area contributed by atoms with Gasteiger partial charge in [-0.1, -0.05) is 23.7 Å². The zero-order valence-corrected chi connectivity index (χ0v) is 13.2. The minimum absolute atomic E-state index is 0.103. The molecule has 1 unspecified atom stereocenters. The summed E-state index contributed by atoms with van der Waals surface area (Å²) in [7, 11) is 1.34. The van der Waals surface area contributed by atoms with Crippen molar-refractivity contribution in [1.82, 2.24) is 4.98 Å². The highest BCUT2D eigenvalue weighted by Crippen LogP contribution is 2.33. The molecule has 0 radical (unpaired) electrons. The average molecular weight is 334 g/mol. The molecular formula is C17H13ClFNO3. The van der Waals surface area contributed by atoms with Crippen molar-refractivity contribution >= 4 is 28.7 Å². The fraction of sp³-hybridized carbons (Fsp3) is 0.176. The van der Waals surface area contributed by atoms with Gasteiger partial charge < -0.3 is 9.15 Å². The molecule has 0 aliphatic carbocycles. The van der Waals surface area contributed by atoms with Gasteiger partial charge in [-0.2, -0.15) is 0 Å². The Morgan fingerprint density at radius 2 is 2.13 bits per heavy atom. The van der Waals surface area contributed by atoms with E-state index in [1.54, 1.807) is 31.2 Å². The topological polar surface area (TPSA) is 52.3 Å². The Balaban J connectivity index is 2.08. The summed E-state index contributed by atoms with van der Waals surface area (Å²) >= 11 is 6.03. The van der Waals surface area contributed by atoms with Gasteiger partial charge in [0.15, 0.2) is 5.58 Å². The fourth-order valence-corrected chi connectivity index (χ4v) is 2.58. The lowest BCUT2D eigenvalue weighted by molar-refractivity contribution is -0.141. The van der Waals surface area contributed by atoms with Gasteiger partial charge in [-0.05, 0) is 36.8 Å². The van der Waals surface area contributed by atoms with Crippen LogP contribution in [0.2, 0.25) is 5.02 Å². The third-order valence-electron chi connectivity index (χ3n) is 3.64. The molecule has 0 aliphatic rings. The van der Waals surface area contributed by atoms with Gasteiger partial charge in [0.2, 0.25) is 5.89 Å². The molecule has 118 valence electrons. The third-order valence-corrected chi connectivity index (χ3v) is 3.96. The van der Waals surface area contributed by atoms with E-state index in [9.17, 15) is 9.18 Å². The predicted molar refractivity (Wildman–Crippen MR) is 84.8 cm³/mol. The smallest absolute Gasteiger partial charge is 0.312 e. The average Bonchev–Trinajstić information content (AvgIpc) is 2.95. The molecule has 1 atom stereocenters. The zero-order chi connectivity index (χ0) is 16.6. The van der Waals surface area contributed by atoms with E-state index in [4.69, 9.17) is 20.8 Å². The van der Waals surface area contributed by atoms with Crippen molar-refractivity contribution in [3.63, 3.8) is 0 Å². The molecule has 23 heavy (non-hydrogen) atoms. The summed E-state index contributed by atoms with van der Waals surface area (Å²) in [6.45, 7) is 1.74. The molecule has 1 aromatic heterocycles. The van der Waals surface area contributed by atoms with E-state index < -0.39 is 11.7 Å². The minimum Gasteiger partial charge on any atom is -0.469 e. The molecule has 0 spiro atoms. The standard InChI is InChI=1S/C17H13ClFNO3/c1-9(17(21)22-2)10-6-7-14-13(8-10)20-16(23-14)15-11(18)4-3-5-12(15)19/h3-9H,1-2H3. The number of benzene rings is 2. The van der Waals surface area contributed by atoms with E-state index in [-0.39, 0.29) is 22.4 Å². The monoisotopic (exact) mass is 333 g/mol. The summed E-state index contributed by atoms with van der Waals surface area (Å²) in [6, 6.07) is 9.54. The first kappa shape index (κ1) is 15.5. The number of nitrogens with zero attached hydrogens (tertiary/aromatic N) is 1. The van der Waals surface area contributed by atoms with Crippen molar-refractivity contribution < 1.29 is 18.3 Å². The Morgan fingerprint density at radius 1 is 1.35 bits per heavy atom. The number of methoxy groups -OCH3 is 1. The molecule has 4 nitrogen and oxygen atoms in total. The second-order valence-corrected chi connectivity index (χ2v) is 5.49. The Bertz CT molecular complexity index is 870. The first-order valence-electron chi connectivity index (χ1n) is 6.94. The maximum Gasteiger partial charge on any atom is 0.312 e. The molecule has 0 fully saturated rings. The van der Waals surface area contributed by atoms with Crippen LogP contribution in [0, 0.1) is 5.82 Å². The first-order chi connectivity index (χ1) is 11.0. The summed E-state index contributed by atoms with van der Waals surface area (Å²) in [4.78, 5) is 15.9. The number of oxazole rings is 1. The van der Waals surface area contributed by atoms with Crippen LogP contribution in [-0.4, -0.2) is 18.1 Å². The van der Waals surface area contributed by atoms with Crippen molar-refractivity contribution in [2.45, 2.75) is 12.8 Å². The van der Waals surface area contributed by atoms with Crippen LogP contribution < -0.4 is 0 Å². The molecule has 0 aliphatic heterocycles. The largest absolute Gasteiger partial charge is 0.469 e. The molecule has 0 saturated carbocycles. The van der Waals surface area contributed by atoms with Gasteiger partial charge in [0, 0.05) is 0 Å². The lowest BCUT2D eigenvalue weighted by atomic mass is 10.0. The normalized spacial score (nSPS) is 12.3. The molecule has 0 N–H and O–H groups in total. The van der Waals surface area contributed by atoms with Crippen molar-refractivity contribution in [1.29, 1.82) is 0 Å². The molecule has 2 aromatic carbocycles. The Kier molecular flexibility index (Phi) is 4.05. The second kappa shape index (κ2) is 6.01. The first-order valence-corrected chi connectivity index (χ1v) is 7.31. The number of carbonyl (C=O) groups excluding carboxylic acids is 1. The Labute approximate surface area is 136 Å². The van der Waals surface area contributed by atoms with Crippen LogP contribution >= 0.6 is 11.6 Å². The fourth-order valence-electron chi connectivity index (χ4n) is 2.34. The summed E-state index contributed by atoms with van der Waals surface area (Å²) in [6.07, 6.45) is 0. The van der Waals surface area contributed by atoms with Gasteiger partial charge in [-0.15, -0.1) is 0 Å². The van der Waals surface area contributed by atoms with Gasteiger partial charge in [0.1, 0.15) is 11.3 Å². The molecule has 0 amide bonds. The van der Waals surface area contributed by atoms with Crippen molar-refractivity contribution in [3.8, 4) is 11.5 Å². The molecule has 0 saturated heterocycles. The molecular weight excluding hydrogens is 321 g/mol. The Hall–Kier alpha value is -2.40. The van der Waals surface area contributed by atoms with E-state index in [2.05, 4.69) is 4.98 Å². The number of esters is 1. The van der Waals surface area contributed by atoms with Crippen LogP contribution in [0.4, 0.5) is 4.39 Å². The number of carbonyl (C=O) groups is 1. The van der Waals surface area contributed by atoms with Gasteiger partial charge in [0.25, 0.3) is 0 Å². The van der Waals surface area contributed by atoms with Crippen LogP contribution in [0.25, 0.3) is 22.6 Å². The highest BCUT2D eigenvalue weighted by Gasteiger charge is 2.19. The Morgan fingerprint density at radius 3 is 2.83 bits per heavy atom. The van der Waals surface area contributed by atoms with E-state index in [0.29, 0.717) is 11.1 Å². The molecule has 1 heterocycles. The van der Waals surface area contributed by atoms with Gasteiger partial charge in [-0.3, -0.25) is 4.79 Å². The van der Waals surface area contributed by atoms with Crippen LogP contribution in [0.3, 0.4) is 0 Å². The summed E-state index contributed by atoms with van der Waals surface area (Å²) < 4.78 is 24.3. The highest BCUT2D eigenvalue weighted by molar-refractivity contribution is 6.33. The van der Waals surface area contributed by atoms with E-state index in [1.165, 1.54) is 19.2 Å². The lowest BCUT2D eigenvalue weighted by Gasteiger charge is -2.08. The van der Waals surface area contributed by atoms with Crippen LogP contribution in [0.1, 0.15) is 18.4 Å². The van der Waals surface area contributed by atoms with E-state index in [1.807, 2.05) is 0 Å². The third kappa shape index (κ3) is 2.80. The minimum atomic E-state index is -0.507. The van der Waals surface area contributed by atoms with Crippen LogP contribution in [0.15, 0.2) is 40.8 Å². The molecule has 6 heteroatoms. The maximum absolute atomic E-state index is 14.0. The number of rotatable bonds is 3. The van der Waals surface area contributed by atoms with Crippen molar-refractivity contribution in [3.05, 3.63) is 52.8 Å². The number of fused-ring (bicyclic) bond motifs is 1. The number of aromatic nitrogens is 1. The SMILES string of the molecule is COC(=O)C(C)c1ccc2oc(-c3c(F)cccc3Cl)nc2c1. The van der Waals surface area contributed by atoms with Crippen LogP contribution in [-0.2, 0) is 9.53 Å². The zero-order valence-electron chi connectivity index (χ0n) is 12.5. The maximum atomic E-state index is 14.0. The molecule has 3 aromatic rings. The summed E-state index contributed by atoms with van der Waals surface area (Å²) in [5.41, 5.74) is 1.87. The van der Waals surface area contributed by atoms with E-state index in [0.717, 1.165) is 5.56 Å². The highest BCUT2D eigenvalue weighted by atomic mass is 35.5. The number of hydrogen-bond acceptors (Lipinski definition) is 4. The molecule has 0 bridgehead atoms. The van der Waals surface area contributed by atoms with Gasteiger partial charge in [-0.25, -0.2) is 9.37 Å². The van der Waals surface area contributed by atoms with Crippen molar-refractivity contribution in [2.24, 2.45) is 0 Å². The second-order valence-electron chi connectivity index (χ2n) is 5.09. The van der Waals surface area contributed by atoms with Crippen LogP contribution in [0.5, 0.6) is 0 Å². The predicted octanol–water partition coefficient (Wildman–Crippen LogP) is 4.56. The number of ether oxygens (including phenoxy) is 1. The quantitative estimate of drug-likeness (QED) is 0.659. The van der Waals surface area contributed by atoms with Gasteiger partial charge >= 0.3 is 5.97 Å². The lowest BCUT2D eigenvalue weighted by Crippen LogP contribution is -2.10. The van der Waals surface area contributed by atoms with Crippen molar-refractivity contribution in [2.75, 3.05) is 7.11 Å².